The van der Waals surface area contributed by atoms with Crippen LogP contribution in [0, 0.1) is 0 Å². The Morgan fingerprint density at radius 2 is 1.00 bits per heavy atom. The van der Waals surface area contributed by atoms with Crippen LogP contribution in [0.4, 0.5) is 0 Å². The first-order valence-corrected chi connectivity index (χ1v) is 8.55. The summed E-state index contributed by atoms with van der Waals surface area (Å²) in [6.07, 6.45) is 14.4. The predicted molar refractivity (Wildman–Crippen MR) is 69.7 cm³/mol. The highest BCUT2D eigenvalue weighted by molar-refractivity contribution is 7.94. The van der Waals surface area contributed by atoms with Crippen LogP contribution in [0.3, 0.4) is 0 Å². The molecule has 0 unspecified atom stereocenters. The first-order valence-electron chi connectivity index (χ1n) is 7.07. The second-order valence-electron chi connectivity index (χ2n) is 6.09. The van der Waals surface area contributed by atoms with Crippen LogP contribution in [0.2, 0.25) is 0 Å². The van der Waals surface area contributed by atoms with Crippen molar-refractivity contribution < 1.29 is 8.42 Å². The van der Waals surface area contributed by atoms with Gasteiger partial charge < -0.3 is 0 Å². The third-order valence-electron chi connectivity index (χ3n) is 5.16. The highest BCUT2D eigenvalue weighted by Gasteiger charge is 2.57. The standard InChI is InChI=1S/C14H22O2S/c15-17(16)13(7-3-1-4-8-13)11-12-14(17)9-5-2-6-10-14/h11-12H,1-10H2. The van der Waals surface area contributed by atoms with E-state index >= 15 is 0 Å². The van der Waals surface area contributed by atoms with Gasteiger partial charge in [-0.1, -0.05) is 50.7 Å². The molecule has 2 fully saturated rings. The van der Waals surface area contributed by atoms with E-state index in [0.717, 1.165) is 51.4 Å². The summed E-state index contributed by atoms with van der Waals surface area (Å²) in [7, 11) is -2.98. The lowest BCUT2D eigenvalue weighted by molar-refractivity contribution is 0.398. The lowest BCUT2D eigenvalue weighted by atomic mass is 9.85. The quantitative estimate of drug-likeness (QED) is 0.621. The molecule has 2 saturated carbocycles. The van der Waals surface area contributed by atoms with Crippen LogP contribution >= 0.6 is 0 Å². The van der Waals surface area contributed by atoms with E-state index in [0.29, 0.717) is 0 Å². The summed E-state index contributed by atoms with van der Waals surface area (Å²) in [5, 5.41) is 0. The molecule has 96 valence electrons. The van der Waals surface area contributed by atoms with Gasteiger partial charge in [-0.15, -0.1) is 0 Å². The fraction of sp³-hybridized carbons (Fsp3) is 0.857. The predicted octanol–water partition coefficient (Wildman–Crippen LogP) is 3.38. The summed E-state index contributed by atoms with van der Waals surface area (Å²) < 4.78 is 25.0. The van der Waals surface area contributed by atoms with Gasteiger partial charge in [-0.25, -0.2) is 8.42 Å². The maximum absolute atomic E-state index is 13.0. The molecule has 17 heavy (non-hydrogen) atoms. The Morgan fingerprint density at radius 3 is 1.35 bits per heavy atom. The molecule has 1 aliphatic heterocycles. The Balaban J connectivity index is 1.99. The van der Waals surface area contributed by atoms with Crippen LogP contribution in [-0.4, -0.2) is 17.9 Å². The summed E-state index contributed by atoms with van der Waals surface area (Å²) >= 11 is 0. The lowest BCUT2D eigenvalue weighted by Gasteiger charge is -2.38. The van der Waals surface area contributed by atoms with Gasteiger partial charge >= 0.3 is 0 Å². The summed E-state index contributed by atoms with van der Waals surface area (Å²) in [6, 6.07) is 0. The minimum atomic E-state index is -2.98. The third kappa shape index (κ3) is 1.47. The van der Waals surface area contributed by atoms with Crippen LogP contribution in [0.15, 0.2) is 12.2 Å². The Kier molecular flexibility index (Phi) is 2.66. The van der Waals surface area contributed by atoms with E-state index in [2.05, 4.69) is 12.2 Å². The van der Waals surface area contributed by atoms with Gasteiger partial charge in [0.15, 0.2) is 9.84 Å². The van der Waals surface area contributed by atoms with Gasteiger partial charge in [0.25, 0.3) is 0 Å². The van der Waals surface area contributed by atoms with Gasteiger partial charge in [0.1, 0.15) is 0 Å². The highest BCUT2D eigenvalue weighted by Crippen LogP contribution is 2.52. The Morgan fingerprint density at radius 1 is 0.647 bits per heavy atom. The van der Waals surface area contributed by atoms with Gasteiger partial charge in [0, 0.05) is 0 Å². The average molecular weight is 254 g/mol. The molecule has 0 atom stereocenters. The van der Waals surface area contributed by atoms with Crippen LogP contribution < -0.4 is 0 Å². The van der Waals surface area contributed by atoms with Crippen molar-refractivity contribution in [3.05, 3.63) is 12.2 Å². The monoisotopic (exact) mass is 254 g/mol. The van der Waals surface area contributed by atoms with Gasteiger partial charge in [0.05, 0.1) is 9.49 Å². The second-order valence-corrected chi connectivity index (χ2v) is 8.72. The Labute approximate surface area is 104 Å². The van der Waals surface area contributed by atoms with Gasteiger partial charge in [0.2, 0.25) is 0 Å². The second kappa shape index (κ2) is 3.84. The van der Waals surface area contributed by atoms with Crippen molar-refractivity contribution in [3.8, 4) is 0 Å². The average Bonchev–Trinajstić information content (AvgIpc) is 2.55. The van der Waals surface area contributed by atoms with Gasteiger partial charge in [-0.3, -0.25) is 0 Å². The van der Waals surface area contributed by atoms with E-state index in [1.54, 1.807) is 0 Å². The fourth-order valence-electron chi connectivity index (χ4n) is 4.06. The molecular formula is C14H22O2S. The van der Waals surface area contributed by atoms with E-state index in [1.165, 1.54) is 12.8 Å². The van der Waals surface area contributed by atoms with Gasteiger partial charge in [-0.2, -0.15) is 0 Å². The summed E-state index contributed by atoms with van der Waals surface area (Å²) in [4.78, 5) is 0. The molecule has 2 aliphatic carbocycles. The molecule has 3 aliphatic rings. The molecule has 3 heteroatoms. The highest BCUT2D eigenvalue weighted by atomic mass is 32.2. The molecule has 2 spiro atoms. The third-order valence-corrected chi connectivity index (χ3v) is 8.39. The first kappa shape index (κ1) is 11.8. The van der Waals surface area contributed by atoms with E-state index in [1.807, 2.05) is 0 Å². The van der Waals surface area contributed by atoms with Crippen LogP contribution in [0.5, 0.6) is 0 Å². The van der Waals surface area contributed by atoms with Gasteiger partial charge in [-0.05, 0) is 25.7 Å². The SMILES string of the molecule is O=S1(=O)C2(C=CC13CCCCC3)CCCCC2. The van der Waals surface area contributed by atoms with Crippen molar-refractivity contribution in [2.45, 2.75) is 73.7 Å². The Hall–Kier alpha value is -0.310. The molecule has 0 aromatic heterocycles. The first-order chi connectivity index (χ1) is 8.12. The zero-order chi connectivity index (χ0) is 12.0. The van der Waals surface area contributed by atoms with Crippen molar-refractivity contribution in [2.24, 2.45) is 0 Å². The number of rotatable bonds is 0. The molecule has 0 amide bonds. The van der Waals surface area contributed by atoms with Crippen molar-refractivity contribution in [1.29, 1.82) is 0 Å². The summed E-state index contributed by atoms with van der Waals surface area (Å²) in [6.45, 7) is 0. The largest absolute Gasteiger partial charge is 0.227 e. The normalized spacial score (nSPS) is 33.2. The molecule has 0 radical (unpaired) electrons. The van der Waals surface area contributed by atoms with Crippen LogP contribution in [-0.2, 0) is 9.84 Å². The topological polar surface area (TPSA) is 34.1 Å². The van der Waals surface area contributed by atoms with E-state index in [4.69, 9.17) is 0 Å². The van der Waals surface area contributed by atoms with Crippen LogP contribution in [0.25, 0.3) is 0 Å². The molecule has 2 nitrogen and oxygen atoms in total. The molecule has 0 aromatic rings. The molecular weight excluding hydrogens is 232 g/mol. The molecule has 3 rings (SSSR count). The maximum atomic E-state index is 13.0. The Bertz CT molecular complexity index is 387. The number of hydrogen-bond donors (Lipinski definition) is 0. The molecule has 0 aromatic carbocycles. The van der Waals surface area contributed by atoms with E-state index < -0.39 is 19.3 Å². The zero-order valence-corrected chi connectivity index (χ0v) is 11.3. The van der Waals surface area contributed by atoms with Crippen molar-refractivity contribution >= 4 is 9.84 Å². The number of sulfone groups is 1. The van der Waals surface area contributed by atoms with E-state index in [9.17, 15) is 8.42 Å². The van der Waals surface area contributed by atoms with Crippen molar-refractivity contribution in [2.75, 3.05) is 0 Å². The fourth-order valence-corrected chi connectivity index (χ4v) is 7.02. The minimum Gasteiger partial charge on any atom is -0.227 e. The molecule has 1 heterocycles. The van der Waals surface area contributed by atoms with E-state index in [-0.39, 0.29) is 0 Å². The molecule has 0 N–H and O–H groups in total. The summed E-state index contributed by atoms with van der Waals surface area (Å²) in [5.41, 5.74) is 0. The number of hydrogen-bond acceptors (Lipinski definition) is 2. The summed E-state index contributed by atoms with van der Waals surface area (Å²) in [5.74, 6) is 0. The minimum absolute atomic E-state index is 0.470. The van der Waals surface area contributed by atoms with Crippen LogP contribution in [0.1, 0.15) is 64.2 Å². The zero-order valence-electron chi connectivity index (χ0n) is 10.5. The van der Waals surface area contributed by atoms with Crippen molar-refractivity contribution in [3.63, 3.8) is 0 Å². The lowest BCUT2D eigenvalue weighted by Crippen LogP contribution is -2.47. The smallest absolute Gasteiger partial charge is 0.168 e. The van der Waals surface area contributed by atoms with Crippen molar-refractivity contribution in [1.82, 2.24) is 0 Å². The molecule has 0 saturated heterocycles. The maximum Gasteiger partial charge on any atom is 0.168 e. The molecule has 0 bridgehead atoms.